The van der Waals surface area contributed by atoms with Gasteiger partial charge in [0.05, 0.1) is 0 Å². The van der Waals surface area contributed by atoms with Gasteiger partial charge in [0.1, 0.15) is 0 Å². The van der Waals surface area contributed by atoms with Crippen LogP contribution in [0.2, 0.25) is 0 Å². The van der Waals surface area contributed by atoms with Crippen molar-refractivity contribution in [1.29, 1.82) is 0 Å². The SMILES string of the molecule is C=C(C)c1[nH]ccc1/C(CN1C[I-]C(OCC)C[C@H]1C1=CCC(C(=O)O)C=C1)=C(\CC)C(C)C. The second-order valence-corrected chi connectivity index (χ2v) is 12.4. The predicted octanol–water partition coefficient (Wildman–Crippen LogP) is 2.94. The number of halogens is 1. The van der Waals surface area contributed by atoms with Gasteiger partial charge in [0.25, 0.3) is 0 Å². The van der Waals surface area contributed by atoms with Crippen molar-refractivity contribution in [2.75, 3.05) is 17.7 Å². The maximum absolute atomic E-state index is 11.5. The molecule has 1 aromatic heterocycles. The van der Waals surface area contributed by atoms with E-state index in [0.29, 0.717) is 16.4 Å². The molecule has 5 nitrogen and oxygen atoms in total. The number of aliphatic carboxylic acids is 1. The number of rotatable bonds is 10. The Morgan fingerprint density at radius 3 is 2.71 bits per heavy atom. The normalized spacial score (nSPS) is 24.4. The summed E-state index contributed by atoms with van der Waals surface area (Å²) in [7, 11) is 0. The summed E-state index contributed by atoms with van der Waals surface area (Å²) in [6, 6.07) is 2.44. The quantitative estimate of drug-likeness (QED) is 0.254. The molecule has 2 N–H and O–H groups in total. The summed E-state index contributed by atoms with van der Waals surface area (Å²) in [5.74, 6) is -0.705. The number of carboxylic acid groups (broad SMARTS) is 1. The standard InChI is InChI=1S/C28H40IN2O3/c1-7-22(18(3)4)24(23-13-14-30-27(23)19(5)6)16-31-17-29-26(34-8-2)15-25(31)20-9-11-21(12-10-20)28(32)33/h9-11,13-14,18,21,25-26,30H,5,7-8,12,15-17H2,1-4,6H3,(H,32,33)/q-1/b24-22+/t21?,25-,26?/m0/s1. The third-order valence-corrected chi connectivity index (χ3v) is 9.87. The molecule has 1 saturated heterocycles. The minimum atomic E-state index is -0.750. The molecule has 3 atom stereocenters. The number of alkyl halides is 2. The summed E-state index contributed by atoms with van der Waals surface area (Å²) in [4.78, 5) is 17.5. The molecule has 1 aliphatic heterocycles. The van der Waals surface area contributed by atoms with Gasteiger partial charge < -0.3 is 0 Å². The monoisotopic (exact) mass is 579 g/mol. The van der Waals surface area contributed by atoms with Gasteiger partial charge in [-0.2, -0.15) is 0 Å². The van der Waals surface area contributed by atoms with Crippen molar-refractivity contribution in [3.8, 4) is 0 Å². The molecule has 0 spiro atoms. The van der Waals surface area contributed by atoms with Crippen LogP contribution >= 0.6 is 0 Å². The van der Waals surface area contributed by atoms with Crippen LogP contribution in [-0.4, -0.2) is 48.8 Å². The molecule has 1 fully saturated rings. The molecular weight excluding hydrogens is 539 g/mol. The van der Waals surface area contributed by atoms with Crippen molar-refractivity contribution in [3.63, 3.8) is 0 Å². The van der Waals surface area contributed by atoms with Crippen molar-refractivity contribution in [2.45, 2.75) is 64.0 Å². The average molecular weight is 580 g/mol. The van der Waals surface area contributed by atoms with Gasteiger partial charge in [0.15, 0.2) is 0 Å². The third kappa shape index (κ3) is 6.32. The van der Waals surface area contributed by atoms with Gasteiger partial charge in [0, 0.05) is 0 Å². The van der Waals surface area contributed by atoms with Gasteiger partial charge in [-0.25, -0.2) is 0 Å². The molecule has 1 aliphatic carbocycles. The van der Waals surface area contributed by atoms with Gasteiger partial charge in [-0.1, -0.05) is 0 Å². The topological polar surface area (TPSA) is 65.6 Å². The van der Waals surface area contributed by atoms with Crippen molar-refractivity contribution in [3.05, 3.63) is 59.5 Å². The molecule has 34 heavy (non-hydrogen) atoms. The van der Waals surface area contributed by atoms with Crippen molar-refractivity contribution >= 4 is 17.1 Å². The zero-order chi connectivity index (χ0) is 24.8. The van der Waals surface area contributed by atoms with E-state index in [0.717, 1.165) is 41.8 Å². The number of aromatic nitrogens is 1. The second-order valence-electron chi connectivity index (χ2n) is 9.44. The molecule has 1 aromatic rings. The molecule has 3 rings (SSSR count). The number of nitrogens with one attached hydrogen (secondary N) is 1. The van der Waals surface area contributed by atoms with Crippen LogP contribution in [0, 0.1) is 11.8 Å². The fourth-order valence-electron chi connectivity index (χ4n) is 5.00. The number of allylic oxidation sites excluding steroid dienone is 3. The van der Waals surface area contributed by atoms with Crippen LogP contribution in [0.15, 0.2) is 48.2 Å². The Labute approximate surface area is 215 Å². The molecule has 0 aromatic carbocycles. The molecule has 0 bridgehead atoms. The summed E-state index contributed by atoms with van der Waals surface area (Å²) in [6.45, 7) is 16.8. The summed E-state index contributed by atoms with van der Waals surface area (Å²) < 4.78 is 7.50. The van der Waals surface area contributed by atoms with Crippen molar-refractivity contribution in [1.82, 2.24) is 9.88 Å². The van der Waals surface area contributed by atoms with Crippen molar-refractivity contribution in [2.24, 2.45) is 11.8 Å². The Balaban J connectivity index is 1.97. The minimum absolute atomic E-state index is 0.108. The first-order valence-electron chi connectivity index (χ1n) is 12.4. The molecular formula is C28H40IN2O3-. The zero-order valence-electron chi connectivity index (χ0n) is 21.2. The zero-order valence-corrected chi connectivity index (χ0v) is 23.4. The van der Waals surface area contributed by atoms with Crippen LogP contribution in [0.5, 0.6) is 0 Å². The van der Waals surface area contributed by atoms with Crippen LogP contribution in [0.1, 0.15) is 65.1 Å². The molecule has 0 radical (unpaired) electrons. The Morgan fingerprint density at radius 1 is 1.38 bits per heavy atom. The van der Waals surface area contributed by atoms with Gasteiger partial charge in [-0.15, -0.1) is 0 Å². The number of H-pyrrole nitrogens is 1. The van der Waals surface area contributed by atoms with E-state index in [9.17, 15) is 9.90 Å². The molecule has 2 aliphatic rings. The van der Waals surface area contributed by atoms with Crippen LogP contribution in [0.3, 0.4) is 0 Å². The van der Waals surface area contributed by atoms with Gasteiger partial charge >= 0.3 is 216 Å². The first kappa shape index (κ1) is 27.0. The van der Waals surface area contributed by atoms with Crippen LogP contribution in [0.4, 0.5) is 0 Å². The van der Waals surface area contributed by atoms with E-state index in [-0.39, 0.29) is 27.2 Å². The maximum atomic E-state index is 11.5. The summed E-state index contributed by atoms with van der Waals surface area (Å²) in [5, 5.41) is 9.41. The van der Waals surface area contributed by atoms with Crippen LogP contribution in [-0.2, 0) is 9.53 Å². The number of aromatic amines is 1. The first-order valence-corrected chi connectivity index (χ1v) is 15.1. The Hall–Kier alpha value is -1.64. The number of hydrogen-bond donors (Lipinski definition) is 2. The van der Waals surface area contributed by atoms with Gasteiger partial charge in [-0.05, 0) is 0 Å². The van der Waals surface area contributed by atoms with Crippen LogP contribution < -0.4 is 21.2 Å². The molecule has 6 heteroatoms. The predicted molar refractivity (Wildman–Crippen MR) is 136 cm³/mol. The average Bonchev–Trinajstić information content (AvgIpc) is 3.30. The van der Waals surface area contributed by atoms with E-state index in [2.05, 4.69) is 69.3 Å². The first-order chi connectivity index (χ1) is 16.3. The number of nitrogens with zero attached hydrogens (tertiary/aromatic N) is 1. The molecule has 0 amide bonds. The van der Waals surface area contributed by atoms with Gasteiger partial charge in [0.2, 0.25) is 0 Å². The Morgan fingerprint density at radius 2 is 2.15 bits per heavy atom. The Bertz CT molecular complexity index is 972. The Kier molecular flexibility index (Phi) is 9.80. The molecule has 2 heterocycles. The second kappa shape index (κ2) is 12.4. The number of carboxylic acids is 1. The summed E-state index contributed by atoms with van der Waals surface area (Å²) in [6.07, 6.45) is 10.6. The van der Waals surface area contributed by atoms with Crippen molar-refractivity contribution < 1.29 is 35.8 Å². The van der Waals surface area contributed by atoms with E-state index in [4.69, 9.17) is 4.74 Å². The fraction of sp³-hybridized carbons (Fsp3) is 0.536. The molecule has 188 valence electrons. The summed E-state index contributed by atoms with van der Waals surface area (Å²) >= 11 is -0.108. The fourth-order valence-corrected chi connectivity index (χ4v) is 8.12. The van der Waals surface area contributed by atoms with Gasteiger partial charge in [-0.3, -0.25) is 0 Å². The van der Waals surface area contributed by atoms with E-state index in [1.807, 2.05) is 12.3 Å². The van der Waals surface area contributed by atoms with Crippen LogP contribution in [0.25, 0.3) is 11.1 Å². The third-order valence-electron chi connectivity index (χ3n) is 6.75. The number of carbonyl (C=O) groups is 1. The number of hydrogen-bond acceptors (Lipinski definition) is 3. The number of ether oxygens (including phenoxy) is 1. The molecule has 0 saturated carbocycles. The van der Waals surface area contributed by atoms with E-state index >= 15 is 0 Å². The van der Waals surface area contributed by atoms with E-state index in [1.165, 1.54) is 22.3 Å². The summed E-state index contributed by atoms with van der Waals surface area (Å²) in [5.41, 5.74) is 7.57. The van der Waals surface area contributed by atoms with E-state index < -0.39 is 11.9 Å². The molecule has 2 unspecified atom stereocenters. The van der Waals surface area contributed by atoms with E-state index in [1.54, 1.807) is 0 Å².